The number of piperidine rings is 1. The van der Waals surface area contributed by atoms with Crippen molar-refractivity contribution in [2.75, 3.05) is 30.4 Å². The molecule has 0 unspecified atom stereocenters. The number of anilines is 2. The van der Waals surface area contributed by atoms with E-state index in [0.29, 0.717) is 48.5 Å². The highest BCUT2D eigenvalue weighted by molar-refractivity contribution is 7.21. The topological polar surface area (TPSA) is 117 Å². The van der Waals surface area contributed by atoms with Gasteiger partial charge in [-0.25, -0.2) is 9.97 Å². The van der Waals surface area contributed by atoms with Gasteiger partial charge in [0, 0.05) is 47.0 Å². The molecule has 198 valence electrons. The molecule has 0 atom stereocenters. The third kappa shape index (κ3) is 4.88. The first kappa shape index (κ1) is 25.5. The molecule has 6 rings (SSSR count). The first-order chi connectivity index (χ1) is 18.9. The van der Waals surface area contributed by atoms with E-state index in [4.69, 9.17) is 26.6 Å². The lowest BCUT2D eigenvalue weighted by atomic mass is 9.58. The molecule has 9 nitrogen and oxygen atoms in total. The van der Waals surface area contributed by atoms with Crippen molar-refractivity contribution >= 4 is 50.3 Å². The summed E-state index contributed by atoms with van der Waals surface area (Å²) in [6.45, 7) is 3.66. The maximum Gasteiger partial charge on any atom is 0.259 e. The van der Waals surface area contributed by atoms with Crippen molar-refractivity contribution in [2.45, 2.75) is 32.6 Å². The van der Waals surface area contributed by atoms with Gasteiger partial charge in [0.05, 0.1) is 24.9 Å². The summed E-state index contributed by atoms with van der Waals surface area (Å²) in [5, 5.41) is 13.0. The number of nitrogens with zero attached hydrogens (tertiary/aromatic N) is 6. The van der Waals surface area contributed by atoms with Crippen molar-refractivity contribution in [1.82, 2.24) is 19.9 Å². The normalized spacial score (nSPS) is 16.6. The Morgan fingerprint density at radius 1 is 1.18 bits per heavy atom. The lowest BCUT2D eigenvalue weighted by Gasteiger charge is -2.50. The van der Waals surface area contributed by atoms with Crippen LogP contribution in [0.5, 0.6) is 5.75 Å². The Morgan fingerprint density at radius 3 is 2.72 bits per heavy atom. The average molecular weight is 560 g/mol. The number of thiazole rings is 1. The van der Waals surface area contributed by atoms with Crippen molar-refractivity contribution in [3.63, 3.8) is 0 Å². The highest BCUT2D eigenvalue weighted by atomic mass is 35.5. The van der Waals surface area contributed by atoms with Gasteiger partial charge < -0.3 is 9.64 Å². The lowest BCUT2D eigenvalue weighted by Crippen LogP contribution is -2.47. The Hall–Kier alpha value is -3.81. The number of hydrogen-bond donors (Lipinski definition) is 1. The Morgan fingerprint density at radius 2 is 1.97 bits per heavy atom. The van der Waals surface area contributed by atoms with Gasteiger partial charge in [0.2, 0.25) is 0 Å². The van der Waals surface area contributed by atoms with Gasteiger partial charge in [0.15, 0.2) is 15.6 Å². The second-order valence-electron chi connectivity index (χ2n) is 10.3. The number of pyridine rings is 1. The monoisotopic (exact) mass is 559 g/mol. The van der Waals surface area contributed by atoms with Crippen LogP contribution in [0.25, 0.3) is 21.6 Å². The molecule has 1 amide bonds. The number of methoxy groups -OCH3 is 1. The first-order valence-electron chi connectivity index (χ1n) is 12.8. The molecule has 1 N–H and O–H groups in total. The molecule has 1 saturated heterocycles. The van der Waals surface area contributed by atoms with E-state index in [-0.39, 0.29) is 11.8 Å². The number of rotatable bonds is 5. The molecule has 4 aromatic rings. The summed E-state index contributed by atoms with van der Waals surface area (Å²) in [5.74, 6) is 1.29. The molecule has 11 heteroatoms. The van der Waals surface area contributed by atoms with Crippen molar-refractivity contribution < 1.29 is 9.53 Å². The summed E-state index contributed by atoms with van der Waals surface area (Å²) >= 11 is 7.55. The number of nitriles is 1. The van der Waals surface area contributed by atoms with Crippen LogP contribution < -0.4 is 15.0 Å². The van der Waals surface area contributed by atoms with Crippen LogP contribution in [0.1, 0.15) is 41.7 Å². The Labute approximate surface area is 234 Å². The van der Waals surface area contributed by atoms with E-state index in [9.17, 15) is 4.79 Å². The summed E-state index contributed by atoms with van der Waals surface area (Å²) in [7, 11) is 1.58. The minimum absolute atomic E-state index is 0.220. The Kier molecular flexibility index (Phi) is 6.57. The predicted octanol–water partition coefficient (Wildman–Crippen LogP) is 5.89. The highest BCUT2D eigenvalue weighted by Gasteiger charge is 2.46. The molecular formula is C28H26ClN7O2S. The van der Waals surface area contributed by atoms with Crippen molar-refractivity contribution in [3.8, 4) is 22.9 Å². The number of halogens is 1. The number of nitrogens with one attached hydrogen (secondary N) is 1. The second-order valence-corrected chi connectivity index (χ2v) is 11.7. The predicted molar refractivity (Wildman–Crippen MR) is 151 cm³/mol. The number of ether oxygens (including phenoxy) is 1. The third-order valence-corrected chi connectivity index (χ3v) is 8.85. The van der Waals surface area contributed by atoms with Gasteiger partial charge in [0.1, 0.15) is 11.6 Å². The fourth-order valence-corrected chi connectivity index (χ4v) is 6.59. The number of amides is 1. The minimum Gasteiger partial charge on any atom is -0.496 e. The highest BCUT2D eigenvalue weighted by Crippen LogP contribution is 2.52. The van der Waals surface area contributed by atoms with Crippen molar-refractivity contribution in [3.05, 3.63) is 52.9 Å². The first-order valence-corrected chi connectivity index (χ1v) is 14.0. The third-order valence-electron chi connectivity index (χ3n) is 7.76. The molecule has 1 aromatic carbocycles. The molecule has 1 spiro atoms. The molecule has 2 fully saturated rings. The average Bonchev–Trinajstić information content (AvgIpc) is 3.33. The number of benzene rings is 1. The summed E-state index contributed by atoms with van der Waals surface area (Å²) in [4.78, 5) is 34.5. The molecule has 1 aliphatic carbocycles. The smallest absolute Gasteiger partial charge is 0.259 e. The van der Waals surface area contributed by atoms with Gasteiger partial charge in [-0.05, 0) is 62.3 Å². The minimum atomic E-state index is -0.351. The second kappa shape index (κ2) is 10.1. The molecule has 3 aromatic heterocycles. The zero-order valence-electron chi connectivity index (χ0n) is 21.6. The van der Waals surface area contributed by atoms with Crippen LogP contribution in [0.3, 0.4) is 0 Å². The lowest BCUT2D eigenvalue weighted by molar-refractivity contribution is 0.0564. The number of hydrogen-bond acceptors (Lipinski definition) is 9. The zero-order chi connectivity index (χ0) is 27.1. The Balaban J connectivity index is 1.21. The van der Waals surface area contributed by atoms with Gasteiger partial charge in [-0.1, -0.05) is 22.9 Å². The number of aryl methyl sites for hydroxylation is 1. The number of carbonyl (C=O) groups excluding carboxylic acids is 1. The number of fused-ring (bicyclic) bond motifs is 1. The summed E-state index contributed by atoms with van der Waals surface area (Å²) in [6.07, 6.45) is 7.47. The number of aromatic nitrogens is 4. The maximum absolute atomic E-state index is 13.4. The van der Waals surface area contributed by atoms with Crippen molar-refractivity contribution in [1.29, 1.82) is 5.26 Å². The summed E-state index contributed by atoms with van der Waals surface area (Å²) < 4.78 is 5.53. The van der Waals surface area contributed by atoms with E-state index in [1.165, 1.54) is 11.3 Å². The van der Waals surface area contributed by atoms with E-state index in [1.807, 2.05) is 13.0 Å². The van der Waals surface area contributed by atoms with E-state index < -0.39 is 0 Å². The molecule has 4 heterocycles. The largest absolute Gasteiger partial charge is 0.496 e. The van der Waals surface area contributed by atoms with Gasteiger partial charge in [-0.2, -0.15) is 10.2 Å². The van der Waals surface area contributed by atoms with Gasteiger partial charge in [0.25, 0.3) is 5.91 Å². The van der Waals surface area contributed by atoms with Crippen LogP contribution in [0.4, 0.5) is 10.9 Å². The fraction of sp³-hybridized carbons (Fsp3) is 0.357. The van der Waals surface area contributed by atoms with E-state index in [0.717, 1.165) is 50.3 Å². The summed E-state index contributed by atoms with van der Waals surface area (Å²) in [5.41, 5.74) is 3.31. The summed E-state index contributed by atoms with van der Waals surface area (Å²) in [6, 6.07) is 9.52. The molecule has 1 aliphatic heterocycles. The van der Waals surface area contributed by atoms with Crippen LogP contribution in [-0.4, -0.2) is 46.0 Å². The van der Waals surface area contributed by atoms with Crippen LogP contribution in [0.15, 0.2) is 36.7 Å². The van der Waals surface area contributed by atoms with Crippen molar-refractivity contribution in [2.24, 2.45) is 11.3 Å². The molecule has 1 saturated carbocycles. The van der Waals surface area contributed by atoms with Crippen LogP contribution in [0.2, 0.25) is 5.02 Å². The van der Waals surface area contributed by atoms with Gasteiger partial charge in [-0.15, -0.1) is 0 Å². The fourth-order valence-electron chi connectivity index (χ4n) is 5.63. The van der Waals surface area contributed by atoms with E-state index in [2.05, 4.69) is 31.2 Å². The van der Waals surface area contributed by atoms with E-state index >= 15 is 0 Å². The van der Waals surface area contributed by atoms with E-state index in [1.54, 1.807) is 37.7 Å². The van der Waals surface area contributed by atoms with Gasteiger partial charge >= 0.3 is 0 Å². The Bertz CT molecular complexity index is 1620. The standard InChI is InChI=1S/C28H26ClN7O2S/c1-16-9-19(20-10-18(29)3-4-22(20)38-2)21(14-31-16)25(37)35-27-34-24-26(39-27)33-23(15-32-24)36-7-5-28(6-8-36)11-17(12-28)13-30/h3-4,9-10,14-15,17H,5-8,11-12H2,1-2H3,(H,32,34,35,37). The van der Waals surface area contributed by atoms with Crippen LogP contribution >= 0.6 is 22.9 Å². The molecule has 0 bridgehead atoms. The zero-order valence-corrected chi connectivity index (χ0v) is 23.1. The SMILES string of the molecule is COc1ccc(Cl)cc1-c1cc(C)ncc1C(=O)Nc1nc2ncc(N3CCC4(CC3)CC(C#N)C4)nc2s1. The van der Waals surface area contributed by atoms with Crippen LogP contribution in [-0.2, 0) is 0 Å². The molecule has 2 aliphatic rings. The molecule has 0 radical (unpaired) electrons. The van der Waals surface area contributed by atoms with Crippen LogP contribution in [0, 0.1) is 29.6 Å². The quantitative estimate of drug-likeness (QED) is 0.321. The number of carbonyl (C=O) groups is 1. The maximum atomic E-state index is 13.4. The van der Waals surface area contributed by atoms with Gasteiger partial charge in [-0.3, -0.25) is 15.1 Å². The molecular weight excluding hydrogens is 534 g/mol. The molecule has 39 heavy (non-hydrogen) atoms.